The highest BCUT2D eigenvalue weighted by Gasteiger charge is 2.04. The molecule has 0 bridgehead atoms. The van der Waals surface area contributed by atoms with E-state index in [4.69, 9.17) is 9.84 Å². The van der Waals surface area contributed by atoms with Gasteiger partial charge in [0.25, 0.3) is 0 Å². The van der Waals surface area contributed by atoms with Crippen molar-refractivity contribution in [3.05, 3.63) is 53.8 Å². The summed E-state index contributed by atoms with van der Waals surface area (Å²) in [5, 5.41) is 8.69. The van der Waals surface area contributed by atoms with E-state index in [1.807, 2.05) is 31.2 Å². The van der Waals surface area contributed by atoms with Crippen LogP contribution in [0.25, 0.3) is 11.1 Å². The van der Waals surface area contributed by atoms with Gasteiger partial charge in [-0.1, -0.05) is 29.8 Å². The summed E-state index contributed by atoms with van der Waals surface area (Å²) >= 11 is 0. The van der Waals surface area contributed by atoms with E-state index in [1.165, 1.54) is 12.1 Å². The number of benzene rings is 2. The van der Waals surface area contributed by atoms with Gasteiger partial charge in [-0.05, 0) is 30.2 Å². The molecule has 3 heteroatoms. The van der Waals surface area contributed by atoms with Crippen molar-refractivity contribution >= 4 is 0 Å². The second kappa shape index (κ2) is 5.65. The van der Waals surface area contributed by atoms with Crippen molar-refractivity contribution in [2.75, 3.05) is 13.2 Å². The Balaban J connectivity index is 2.32. The van der Waals surface area contributed by atoms with Crippen LogP contribution in [0.3, 0.4) is 0 Å². The molecule has 0 spiro atoms. The smallest absolute Gasteiger partial charge is 0.127 e. The number of aliphatic hydroxyl groups excluding tert-OH is 1. The van der Waals surface area contributed by atoms with E-state index in [1.54, 1.807) is 6.07 Å². The van der Waals surface area contributed by atoms with Gasteiger partial charge in [0.15, 0.2) is 0 Å². The van der Waals surface area contributed by atoms with Crippen LogP contribution in [-0.2, 0) is 0 Å². The maximum absolute atomic E-state index is 13.5. The van der Waals surface area contributed by atoms with Crippen LogP contribution in [0.1, 0.15) is 5.56 Å². The minimum absolute atomic E-state index is 0.0869. The maximum atomic E-state index is 13.5. The average Bonchev–Trinajstić information content (AvgIpc) is 2.36. The van der Waals surface area contributed by atoms with Gasteiger partial charge in [0.05, 0.1) is 6.61 Å². The van der Waals surface area contributed by atoms with Crippen molar-refractivity contribution in [1.29, 1.82) is 0 Å². The van der Waals surface area contributed by atoms with Gasteiger partial charge < -0.3 is 9.84 Å². The van der Waals surface area contributed by atoms with E-state index in [0.29, 0.717) is 5.75 Å². The highest BCUT2D eigenvalue weighted by molar-refractivity contribution is 5.65. The minimum atomic E-state index is -0.346. The number of hydrogen-bond acceptors (Lipinski definition) is 2. The Bertz CT molecular complexity index is 521. The van der Waals surface area contributed by atoms with Crippen molar-refractivity contribution in [1.82, 2.24) is 0 Å². The molecule has 2 nitrogen and oxygen atoms in total. The number of hydrogen-bond donors (Lipinski definition) is 1. The number of halogens is 1. The molecule has 0 aliphatic carbocycles. The first-order valence-electron chi connectivity index (χ1n) is 5.80. The normalized spacial score (nSPS) is 10.4. The summed E-state index contributed by atoms with van der Waals surface area (Å²) in [6.07, 6.45) is 0. The van der Waals surface area contributed by atoms with Crippen LogP contribution in [-0.4, -0.2) is 18.3 Å². The van der Waals surface area contributed by atoms with E-state index >= 15 is 0 Å². The Labute approximate surface area is 106 Å². The molecule has 0 radical (unpaired) electrons. The number of aryl methyl sites for hydroxylation is 1. The van der Waals surface area contributed by atoms with Crippen LogP contribution in [0, 0.1) is 12.7 Å². The van der Waals surface area contributed by atoms with Gasteiger partial charge >= 0.3 is 0 Å². The maximum Gasteiger partial charge on any atom is 0.127 e. The molecule has 0 aliphatic heterocycles. The largest absolute Gasteiger partial charge is 0.491 e. The van der Waals surface area contributed by atoms with Crippen LogP contribution >= 0.6 is 0 Å². The molecule has 0 aromatic heterocycles. The van der Waals surface area contributed by atoms with E-state index in [0.717, 1.165) is 16.7 Å². The van der Waals surface area contributed by atoms with E-state index in [2.05, 4.69) is 0 Å². The lowest BCUT2D eigenvalue weighted by Gasteiger charge is -2.08. The van der Waals surface area contributed by atoms with Crippen LogP contribution in [0.15, 0.2) is 42.5 Å². The minimum Gasteiger partial charge on any atom is -0.491 e. The highest BCUT2D eigenvalue weighted by atomic mass is 19.1. The topological polar surface area (TPSA) is 29.5 Å². The Morgan fingerprint density at radius 3 is 2.44 bits per heavy atom. The number of ether oxygens (including phenoxy) is 1. The lowest BCUT2D eigenvalue weighted by atomic mass is 10.0. The molecule has 2 rings (SSSR count). The molecule has 1 N–H and O–H groups in total. The summed E-state index contributed by atoms with van der Waals surface area (Å²) in [5.41, 5.74) is 2.86. The van der Waals surface area contributed by atoms with Crippen LogP contribution in [0.2, 0.25) is 0 Å². The van der Waals surface area contributed by atoms with Crippen LogP contribution in [0.4, 0.5) is 4.39 Å². The Kier molecular flexibility index (Phi) is 3.95. The van der Waals surface area contributed by atoms with E-state index < -0.39 is 0 Å². The molecular weight excluding hydrogens is 231 g/mol. The van der Waals surface area contributed by atoms with Gasteiger partial charge in [0, 0.05) is 6.07 Å². The fourth-order valence-electron chi connectivity index (χ4n) is 1.72. The Morgan fingerprint density at radius 1 is 1.06 bits per heavy atom. The molecule has 0 aliphatic rings. The van der Waals surface area contributed by atoms with Gasteiger partial charge in [0.2, 0.25) is 0 Å². The molecular formula is C15H15FO2. The third kappa shape index (κ3) is 3.08. The molecule has 0 fully saturated rings. The van der Waals surface area contributed by atoms with Crippen molar-refractivity contribution in [2.45, 2.75) is 6.92 Å². The molecule has 0 saturated carbocycles. The molecule has 94 valence electrons. The van der Waals surface area contributed by atoms with Gasteiger partial charge in [-0.3, -0.25) is 0 Å². The van der Waals surface area contributed by atoms with Crippen LogP contribution in [0.5, 0.6) is 5.75 Å². The molecule has 0 saturated heterocycles. The third-order valence-corrected chi connectivity index (χ3v) is 2.62. The lowest BCUT2D eigenvalue weighted by Crippen LogP contribution is -2.01. The quantitative estimate of drug-likeness (QED) is 0.897. The molecule has 18 heavy (non-hydrogen) atoms. The standard InChI is InChI=1S/C15H15FO2/c1-11-2-4-12(5-3-11)13-8-14(16)10-15(9-13)18-7-6-17/h2-5,8-10,17H,6-7H2,1H3. The number of rotatable bonds is 4. The highest BCUT2D eigenvalue weighted by Crippen LogP contribution is 2.25. The summed E-state index contributed by atoms with van der Waals surface area (Å²) in [7, 11) is 0. The Morgan fingerprint density at radius 2 is 1.78 bits per heavy atom. The molecule has 0 amide bonds. The monoisotopic (exact) mass is 246 g/mol. The van der Waals surface area contributed by atoms with Gasteiger partial charge in [-0.25, -0.2) is 4.39 Å². The SMILES string of the molecule is Cc1ccc(-c2cc(F)cc(OCCO)c2)cc1. The molecule has 2 aromatic carbocycles. The zero-order valence-electron chi connectivity index (χ0n) is 10.2. The van der Waals surface area contributed by atoms with Crippen molar-refractivity contribution in [3.63, 3.8) is 0 Å². The second-order valence-electron chi connectivity index (χ2n) is 4.11. The first-order valence-corrected chi connectivity index (χ1v) is 5.80. The summed E-state index contributed by atoms with van der Waals surface area (Å²) < 4.78 is 18.7. The third-order valence-electron chi connectivity index (χ3n) is 2.62. The van der Waals surface area contributed by atoms with Crippen LogP contribution < -0.4 is 4.74 Å². The van der Waals surface area contributed by atoms with E-state index in [9.17, 15) is 4.39 Å². The zero-order chi connectivity index (χ0) is 13.0. The van der Waals surface area contributed by atoms with Crippen molar-refractivity contribution < 1.29 is 14.2 Å². The summed E-state index contributed by atoms with van der Waals surface area (Å²) in [4.78, 5) is 0. The Hall–Kier alpha value is -1.87. The molecule has 2 aromatic rings. The summed E-state index contributed by atoms with van der Waals surface area (Å²) in [5.74, 6) is 0.0839. The first kappa shape index (κ1) is 12.6. The van der Waals surface area contributed by atoms with Crippen molar-refractivity contribution in [3.8, 4) is 16.9 Å². The van der Waals surface area contributed by atoms with Gasteiger partial charge in [-0.2, -0.15) is 0 Å². The molecule has 0 heterocycles. The first-order chi connectivity index (χ1) is 8.69. The fraction of sp³-hybridized carbons (Fsp3) is 0.200. The van der Waals surface area contributed by atoms with Gasteiger partial charge in [0.1, 0.15) is 18.2 Å². The number of aliphatic hydroxyl groups is 1. The second-order valence-corrected chi connectivity index (χ2v) is 4.11. The summed E-state index contributed by atoms with van der Waals surface area (Å²) in [6, 6.07) is 12.4. The molecule has 0 atom stereocenters. The van der Waals surface area contributed by atoms with E-state index in [-0.39, 0.29) is 19.0 Å². The molecule has 0 unspecified atom stereocenters. The summed E-state index contributed by atoms with van der Waals surface area (Å²) in [6.45, 7) is 2.08. The van der Waals surface area contributed by atoms with Gasteiger partial charge in [-0.15, -0.1) is 0 Å². The fourth-order valence-corrected chi connectivity index (χ4v) is 1.72. The lowest BCUT2D eigenvalue weighted by molar-refractivity contribution is 0.201. The predicted molar refractivity (Wildman–Crippen MR) is 69.2 cm³/mol. The zero-order valence-corrected chi connectivity index (χ0v) is 10.2. The average molecular weight is 246 g/mol. The van der Waals surface area contributed by atoms with Crippen molar-refractivity contribution in [2.24, 2.45) is 0 Å². The predicted octanol–water partition coefficient (Wildman–Crippen LogP) is 3.17.